The van der Waals surface area contributed by atoms with Gasteiger partial charge in [0.15, 0.2) is 0 Å². The third-order valence-electron chi connectivity index (χ3n) is 6.13. The highest BCUT2D eigenvalue weighted by molar-refractivity contribution is 7.99. The summed E-state index contributed by atoms with van der Waals surface area (Å²) in [4.78, 5) is 37.8. The van der Waals surface area contributed by atoms with Crippen molar-refractivity contribution in [3.63, 3.8) is 0 Å². The Morgan fingerprint density at radius 1 is 0.897 bits per heavy atom. The van der Waals surface area contributed by atoms with E-state index < -0.39 is 12.1 Å². The van der Waals surface area contributed by atoms with E-state index in [9.17, 15) is 14.4 Å². The van der Waals surface area contributed by atoms with Gasteiger partial charge in [0.25, 0.3) is 5.91 Å². The van der Waals surface area contributed by atoms with E-state index in [-0.39, 0.29) is 16.7 Å². The van der Waals surface area contributed by atoms with Crippen molar-refractivity contribution in [3.05, 3.63) is 90.0 Å². The second kappa shape index (κ2) is 11.8. The Morgan fingerprint density at radius 2 is 1.59 bits per heavy atom. The molecule has 1 aliphatic rings. The fraction of sp³-hybridized carbons (Fsp3) is 0.185. The molecule has 5 rings (SSSR count). The molecule has 4 aromatic rings. The fourth-order valence-electron chi connectivity index (χ4n) is 4.03. The minimum Gasteiger partial charge on any atom is -0.478 e. The van der Waals surface area contributed by atoms with Gasteiger partial charge in [0, 0.05) is 29.6 Å². The second-order valence-electron chi connectivity index (χ2n) is 8.74. The summed E-state index contributed by atoms with van der Waals surface area (Å²) in [7, 11) is 0. The van der Waals surface area contributed by atoms with Crippen molar-refractivity contribution in [1.82, 2.24) is 25.1 Å². The van der Waals surface area contributed by atoms with E-state index in [1.807, 2.05) is 6.07 Å². The molecule has 198 valence electrons. The monoisotopic (exact) mass is 544 g/mol. The van der Waals surface area contributed by atoms with Crippen LogP contribution < -0.4 is 10.1 Å². The van der Waals surface area contributed by atoms with Gasteiger partial charge in [0.2, 0.25) is 5.16 Å². The molecule has 1 aliphatic heterocycles. The highest BCUT2D eigenvalue weighted by atomic mass is 32.2. The van der Waals surface area contributed by atoms with Crippen molar-refractivity contribution < 1.29 is 24.2 Å². The highest BCUT2D eigenvalue weighted by Crippen LogP contribution is 2.30. The summed E-state index contributed by atoms with van der Waals surface area (Å²) < 4.78 is 7.10. The smallest absolute Gasteiger partial charge is 0.415 e. The summed E-state index contributed by atoms with van der Waals surface area (Å²) in [6, 6.07) is 21.9. The zero-order valence-corrected chi connectivity index (χ0v) is 21.5. The van der Waals surface area contributed by atoms with Gasteiger partial charge in [0.1, 0.15) is 5.75 Å². The number of likely N-dealkylation sites (tertiary alicyclic amines) is 1. The number of carbonyl (C=O) groups is 3. The molecule has 1 aromatic heterocycles. The molecule has 2 N–H and O–H groups in total. The molecule has 1 saturated heterocycles. The number of hydrogen-bond acceptors (Lipinski definition) is 8. The van der Waals surface area contributed by atoms with Crippen LogP contribution in [0.25, 0.3) is 5.69 Å². The first-order chi connectivity index (χ1) is 19.0. The van der Waals surface area contributed by atoms with E-state index in [1.54, 1.807) is 70.2 Å². The molecule has 0 bridgehead atoms. The molecule has 0 saturated carbocycles. The standard InChI is InChI=1S/C27H24N6O5S/c34-24(18-4-2-1-3-5-18)28-20-8-12-22(13-9-20)38-27(37)32-16-14-23(15-17-32)39-26-29-30-31-33(26)21-10-6-19(7-11-21)25(35)36/h1-13,23H,14-17H2,(H,28,34)(H,35,36). The van der Waals surface area contributed by atoms with E-state index >= 15 is 0 Å². The zero-order valence-electron chi connectivity index (χ0n) is 20.6. The quantitative estimate of drug-likeness (QED) is 0.347. The molecule has 2 amide bonds. The van der Waals surface area contributed by atoms with Crippen molar-refractivity contribution in [2.24, 2.45) is 0 Å². The van der Waals surface area contributed by atoms with E-state index in [4.69, 9.17) is 9.84 Å². The van der Waals surface area contributed by atoms with Crippen LogP contribution in [0.3, 0.4) is 0 Å². The van der Waals surface area contributed by atoms with E-state index in [2.05, 4.69) is 20.8 Å². The molecule has 2 heterocycles. The van der Waals surface area contributed by atoms with Gasteiger partial charge >= 0.3 is 12.1 Å². The number of carboxylic acid groups (broad SMARTS) is 1. The fourth-order valence-corrected chi connectivity index (χ4v) is 5.10. The number of tetrazole rings is 1. The van der Waals surface area contributed by atoms with Gasteiger partial charge in [-0.2, -0.15) is 4.68 Å². The van der Waals surface area contributed by atoms with Crippen LogP contribution in [0, 0.1) is 0 Å². The number of carbonyl (C=O) groups excluding carboxylic acids is 2. The zero-order chi connectivity index (χ0) is 27.2. The lowest BCUT2D eigenvalue weighted by molar-refractivity contribution is 0.0696. The Balaban J connectivity index is 1.11. The van der Waals surface area contributed by atoms with Crippen LogP contribution in [0.15, 0.2) is 84.0 Å². The summed E-state index contributed by atoms with van der Waals surface area (Å²) in [5.41, 5.74) is 2.01. The summed E-state index contributed by atoms with van der Waals surface area (Å²) in [5.74, 6) is -0.823. The summed E-state index contributed by atoms with van der Waals surface area (Å²) in [5, 5.41) is 24.6. The van der Waals surface area contributed by atoms with Crippen LogP contribution in [-0.4, -0.2) is 66.5 Å². The van der Waals surface area contributed by atoms with Crippen molar-refractivity contribution >= 4 is 35.4 Å². The predicted octanol–water partition coefficient (Wildman–Crippen LogP) is 4.37. The minimum atomic E-state index is -0.998. The molecule has 0 radical (unpaired) electrons. The average Bonchev–Trinajstić information content (AvgIpc) is 3.43. The van der Waals surface area contributed by atoms with Crippen molar-refractivity contribution in [2.45, 2.75) is 23.2 Å². The Hall–Kier alpha value is -4.71. The van der Waals surface area contributed by atoms with Crippen LogP contribution >= 0.6 is 11.8 Å². The largest absolute Gasteiger partial charge is 0.478 e. The molecule has 0 atom stereocenters. The number of hydrogen-bond donors (Lipinski definition) is 2. The molecule has 0 aliphatic carbocycles. The average molecular weight is 545 g/mol. The molecule has 0 spiro atoms. The molecule has 3 aromatic carbocycles. The van der Waals surface area contributed by atoms with E-state index in [0.29, 0.717) is 40.9 Å². The maximum atomic E-state index is 12.7. The first-order valence-electron chi connectivity index (χ1n) is 12.2. The maximum Gasteiger partial charge on any atom is 0.415 e. The van der Waals surface area contributed by atoms with Crippen molar-refractivity contribution in [1.29, 1.82) is 0 Å². The Bertz CT molecular complexity index is 1450. The highest BCUT2D eigenvalue weighted by Gasteiger charge is 2.26. The number of nitrogens with zero attached hydrogens (tertiary/aromatic N) is 5. The number of aromatic carboxylic acids is 1. The summed E-state index contributed by atoms with van der Waals surface area (Å²) in [6.07, 6.45) is 1.03. The lowest BCUT2D eigenvalue weighted by Gasteiger charge is -2.30. The molecule has 0 unspecified atom stereocenters. The Morgan fingerprint density at radius 3 is 2.26 bits per heavy atom. The van der Waals surface area contributed by atoms with Crippen LogP contribution in [0.5, 0.6) is 5.75 Å². The molecule has 12 heteroatoms. The van der Waals surface area contributed by atoms with Gasteiger partial charge in [-0.05, 0) is 83.9 Å². The van der Waals surface area contributed by atoms with Crippen molar-refractivity contribution in [2.75, 3.05) is 18.4 Å². The topological polar surface area (TPSA) is 140 Å². The Kier molecular flexibility index (Phi) is 7.83. The van der Waals surface area contributed by atoms with E-state index in [1.165, 1.54) is 23.9 Å². The number of nitrogens with one attached hydrogen (secondary N) is 1. The number of aromatic nitrogens is 4. The van der Waals surface area contributed by atoms with Gasteiger partial charge < -0.3 is 20.1 Å². The van der Waals surface area contributed by atoms with Crippen molar-refractivity contribution in [3.8, 4) is 11.4 Å². The number of benzene rings is 3. The minimum absolute atomic E-state index is 0.186. The van der Waals surface area contributed by atoms with Gasteiger partial charge in [0.05, 0.1) is 11.3 Å². The maximum absolute atomic E-state index is 12.7. The third kappa shape index (κ3) is 6.41. The number of ether oxygens (including phenoxy) is 1. The SMILES string of the molecule is O=C(O)c1ccc(-n2nnnc2SC2CCN(C(=O)Oc3ccc(NC(=O)c4ccccc4)cc3)CC2)cc1. The number of rotatable bonds is 7. The predicted molar refractivity (Wildman–Crippen MR) is 143 cm³/mol. The summed E-state index contributed by atoms with van der Waals surface area (Å²) >= 11 is 1.52. The number of amides is 2. The van der Waals surface area contributed by atoms with Gasteiger partial charge in [-0.3, -0.25) is 4.79 Å². The third-order valence-corrected chi connectivity index (χ3v) is 7.40. The number of thioether (sulfide) groups is 1. The molecular formula is C27H24N6O5S. The lowest BCUT2D eigenvalue weighted by atomic mass is 10.1. The molecular weight excluding hydrogens is 520 g/mol. The Labute approximate surface area is 227 Å². The molecule has 11 nitrogen and oxygen atoms in total. The van der Waals surface area contributed by atoms with Gasteiger partial charge in [-0.1, -0.05) is 30.0 Å². The van der Waals surface area contributed by atoms with Crippen LogP contribution in [-0.2, 0) is 0 Å². The van der Waals surface area contributed by atoms with Crippen LogP contribution in [0.4, 0.5) is 10.5 Å². The number of piperidine rings is 1. The molecule has 1 fully saturated rings. The first kappa shape index (κ1) is 25.9. The summed E-state index contributed by atoms with van der Waals surface area (Å²) in [6.45, 7) is 1.05. The lowest BCUT2D eigenvalue weighted by Crippen LogP contribution is -2.41. The first-order valence-corrected chi connectivity index (χ1v) is 13.1. The van der Waals surface area contributed by atoms with Gasteiger partial charge in [-0.25, -0.2) is 9.59 Å². The van der Waals surface area contributed by atoms with Crippen LogP contribution in [0.2, 0.25) is 0 Å². The van der Waals surface area contributed by atoms with Crippen LogP contribution in [0.1, 0.15) is 33.6 Å². The molecule has 39 heavy (non-hydrogen) atoms. The number of anilines is 1. The normalized spacial score (nSPS) is 13.6. The van der Waals surface area contributed by atoms with E-state index in [0.717, 1.165) is 12.8 Å². The number of carboxylic acids is 1. The van der Waals surface area contributed by atoms with Gasteiger partial charge in [-0.15, -0.1) is 5.10 Å². The second-order valence-corrected chi connectivity index (χ2v) is 10.0.